The Morgan fingerprint density at radius 2 is 1.88 bits per heavy atom. The molecule has 0 fully saturated rings. The normalized spacial score (nSPS) is 12.0. The van der Waals surface area contributed by atoms with Crippen molar-refractivity contribution in [3.8, 4) is 6.07 Å². The lowest BCUT2D eigenvalue weighted by Gasteiger charge is -2.08. The minimum atomic E-state index is 0.590. The van der Waals surface area contributed by atoms with Crippen LogP contribution < -0.4 is 5.73 Å². The number of rotatable bonds is 2. The third-order valence-electron chi connectivity index (χ3n) is 2.89. The lowest BCUT2D eigenvalue weighted by Crippen LogP contribution is -2.01. The summed E-state index contributed by atoms with van der Waals surface area (Å²) < 4.78 is 0. The van der Waals surface area contributed by atoms with Gasteiger partial charge in [0.2, 0.25) is 0 Å². The highest BCUT2D eigenvalue weighted by Crippen LogP contribution is 2.24. The van der Waals surface area contributed by atoms with Crippen LogP contribution in [0.15, 0.2) is 48.0 Å². The zero-order valence-electron chi connectivity index (χ0n) is 9.77. The molecular formula is C15H14N2. The van der Waals surface area contributed by atoms with Crippen LogP contribution in [0.3, 0.4) is 0 Å². The maximum Gasteiger partial charge on any atom is 0.0968 e. The van der Waals surface area contributed by atoms with E-state index in [1.54, 1.807) is 0 Å². The Balaban J connectivity index is 2.73. The van der Waals surface area contributed by atoms with Crippen molar-refractivity contribution in [2.75, 3.05) is 0 Å². The highest BCUT2D eigenvalue weighted by Gasteiger charge is 2.07. The summed E-state index contributed by atoms with van der Waals surface area (Å²) in [6.07, 6.45) is 0.658. The first-order valence-corrected chi connectivity index (χ1v) is 5.64. The summed E-state index contributed by atoms with van der Waals surface area (Å²) in [5.74, 6) is 0. The van der Waals surface area contributed by atoms with Gasteiger partial charge in [-0.05, 0) is 17.2 Å². The molecule has 0 aliphatic heterocycles. The largest absolute Gasteiger partial charge is 0.397 e. The summed E-state index contributed by atoms with van der Waals surface area (Å²) in [5, 5.41) is 11.3. The van der Waals surface area contributed by atoms with E-state index in [0.29, 0.717) is 17.7 Å². The van der Waals surface area contributed by atoms with E-state index in [2.05, 4.69) is 6.07 Å². The number of nitrogens with two attached hydrogens (primary N) is 1. The monoisotopic (exact) mass is 222 g/mol. The Morgan fingerprint density at radius 1 is 1.18 bits per heavy atom. The first-order valence-electron chi connectivity index (χ1n) is 5.64. The summed E-state index contributed by atoms with van der Waals surface area (Å²) >= 11 is 0. The molecular weight excluding hydrogens is 208 g/mol. The minimum absolute atomic E-state index is 0.590. The van der Waals surface area contributed by atoms with E-state index in [1.807, 2.05) is 49.4 Å². The Morgan fingerprint density at radius 3 is 2.59 bits per heavy atom. The zero-order valence-corrected chi connectivity index (χ0v) is 9.77. The van der Waals surface area contributed by atoms with Crippen LogP contribution in [0, 0.1) is 11.3 Å². The van der Waals surface area contributed by atoms with Crippen molar-refractivity contribution in [2.45, 2.75) is 13.3 Å². The average molecular weight is 222 g/mol. The molecule has 0 aromatic heterocycles. The molecule has 0 saturated heterocycles. The fourth-order valence-electron chi connectivity index (χ4n) is 1.95. The number of hydrogen-bond acceptors (Lipinski definition) is 2. The molecule has 0 atom stereocenters. The number of fused-ring (bicyclic) bond motifs is 1. The molecule has 0 spiro atoms. The molecule has 2 nitrogen and oxygen atoms in total. The van der Waals surface area contributed by atoms with Crippen molar-refractivity contribution in [3.05, 3.63) is 53.6 Å². The van der Waals surface area contributed by atoms with Gasteiger partial charge in [0, 0.05) is 5.56 Å². The minimum Gasteiger partial charge on any atom is -0.397 e. The number of hydrogen-bond donors (Lipinski definition) is 1. The molecule has 0 unspecified atom stereocenters. The molecule has 0 aliphatic rings. The molecule has 84 valence electrons. The summed E-state index contributed by atoms with van der Waals surface area (Å²) in [6.45, 7) is 1.94. The average Bonchev–Trinajstić information content (AvgIpc) is 2.39. The number of nitrogens with zero attached hydrogens (tertiary/aromatic N) is 1. The van der Waals surface area contributed by atoms with Crippen molar-refractivity contribution in [3.63, 3.8) is 0 Å². The van der Waals surface area contributed by atoms with Gasteiger partial charge in [-0.1, -0.05) is 49.4 Å². The molecule has 0 saturated carbocycles. The van der Waals surface area contributed by atoms with Gasteiger partial charge in [-0.15, -0.1) is 0 Å². The van der Waals surface area contributed by atoms with E-state index in [4.69, 9.17) is 11.0 Å². The maximum absolute atomic E-state index is 9.04. The fraction of sp³-hybridized carbons (Fsp3) is 0.133. The second-order valence-corrected chi connectivity index (χ2v) is 3.88. The second-order valence-electron chi connectivity index (χ2n) is 3.88. The molecule has 2 N–H and O–H groups in total. The SMILES string of the molecule is CC/C(C#N)=C(/N)c1cccc2ccccc12. The van der Waals surface area contributed by atoms with Crippen LogP contribution in [0.25, 0.3) is 16.5 Å². The lowest BCUT2D eigenvalue weighted by atomic mass is 9.99. The van der Waals surface area contributed by atoms with E-state index >= 15 is 0 Å². The third-order valence-corrected chi connectivity index (χ3v) is 2.89. The van der Waals surface area contributed by atoms with Crippen LogP contribution in [-0.4, -0.2) is 0 Å². The van der Waals surface area contributed by atoms with Crippen LogP contribution >= 0.6 is 0 Å². The van der Waals surface area contributed by atoms with Gasteiger partial charge < -0.3 is 5.73 Å². The van der Waals surface area contributed by atoms with Gasteiger partial charge in [0.25, 0.3) is 0 Å². The van der Waals surface area contributed by atoms with Gasteiger partial charge in [0.15, 0.2) is 0 Å². The van der Waals surface area contributed by atoms with E-state index in [1.165, 1.54) is 0 Å². The summed E-state index contributed by atoms with van der Waals surface area (Å²) in [7, 11) is 0. The van der Waals surface area contributed by atoms with Crippen LogP contribution in [0.5, 0.6) is 0 Å². The smallest absolute Gasteiger partial charge is 0.0968 e. The Bertz CT molecular complexity index is 613. The topological polar surface area (TPSA) is 49.8 Å². The van der Waals surface area contributed by atoms with E-state index < -0.39 is 0 Å². The third kappa shape index (κ3) is 2.00. The Kier molecular flexibility index (Phi) is 3.11. The summed E-state index contributed by atoms with van der Waals surface area (Å²) in [5.41, 5.74) is 8.26. The predicted molar refractivity (Wildman–Crippen MR) is 71.0 cm³/mol. The molecule has 0 amide bonds. The molecule has 2 aromatic carbocycles. The zero-order chi connectivity index (χ0) is 12.3. The van der Waals surface area contributed by atoms with Gasteiger partial charge in [0.05, 0.1) is 17.3 Å². The summed E-state index contributed by atoms with van der Waals surface area (Å²) in [6, 6.07) is 16.2. The van der Waals surface area contributed by atoms with Gasteiger partial charge in [0.1, 0.15) is 0 Å². The number of benzene rings is 2. The van der Waals surface area contributed by atoms with Crippen LogP contribution in [0.4, 0.5) is 0 Å². The molecule has 0 aliphatic carbocycles. The standard InChI is InChI=1S/C15H14N2/c1-2-11(10-16)15(17)14-9-5-7-12-6-3-4-8-13(12)14/h3-9H,2,17H2,1H3/b15-11-. The van der Waals surface area contributed by atoms with Gasteiger partial charge >= 0.3 is 0 Å². The lowest BCUT2D eigenvalue weighted by molar-refractivity contribution is 1.15. The quantitative estimate of drug-likeness (QED) is 0.791. The molecule has 0 radical (unpaired) electrons. The van der Waals surface area contributed by atoms with Crippen molar-refractivity contribution >= 4 is 16.5 Å². The number of allylic oxidation sites excluding steroid dienone is 1. The summed E-state index contributed by atoms with van der Waals surface area (Å²) in [4.78, 5) is 0. The Labute approximate surface area is 101 Å². The van der Waals surface area contributed by atoms with Crippen molar-refractivity contribution < 1.29 is 0 Å². The highest BCUT2D eigenvalue weighted by atomic mass is 14.6. The van der Waals surface area contributed by atoms with Gasteiger partial charge in [-0.2, -0.15) is 5.26 Å². The molecule has 17 heavy (non-hydrogen) atoms. The Hall–Kier alpha value is -2.27. The van der Waals surface area contributed by atoms with E-state index in [0.717, 1.165) is 16.3 Å². The number of nitriles is 1. The van der Waals surface area contributed by atoms with Crippen LogP contribution in [0.1, 0.15) is 18.9 Å². The first kappa shape index (κ1) is 11.2. The van der Waals surface area contributed by atoms with E-state index in [9.17, 15) is 0 Å². The first-order chi connectivity index (χ1) is 8.27. The van der Waals surface area contributed by atoms with Crippen molar-refractivity contribution in [1.29, 1.82) is 5.26 Å². The maximum atomic E-state index is 9.04. The van der Waals surface area contributed by atoms with E-state index in [-0.39, 0.29) is 0 Å². The highest BCUT2D eigenvalue weighted by molar-refractivity contribution is 5.94. The second kappa shape index (κ2) is 4.71. The van der Waals surface area contributed by atoms with Gasteiger partial charge in [-0.25, -0.2) is 0 Å². The molecule has 0 bridgehead atoms. The molecule has 0 heterocycles. The fourth-order valence-corrected chi connectivity index (χ4v) is 1.95. The van der Waals surface area contributed by atoms with Crippen LogP contribution in [0.2, 0.25) is 0 Å². The van der Waals surface area contributed by atoms with Gasteiger partial charge in [-0.3, -0.25) is 0 Å². The van der Waals surface area contributed by atoms with Crippen molar-refractivity contribution in [1.82, 2.24) is 0 Å². The molecule has 2 rings (SSSR count). The molecule has 2 heteroatoms. The molecule has 2 aromatic rings. The van der Waals surface area contributed by atoms with Crippen LogP contribution in [-0.2, 0) is 0 Å². The van der Waals surface area contributed by atoms with Crippen molar-refractivity contribution in [2.24, 2.45) is 5.73 Å². The predicted octanol–water partition coefficient (Wildman–Crippen LogP) is 3.44.